The lowest BCUT2D eigenvalue weighted by Crippen LogP contribution is -2.31. The molecule has 0 bridgehead atoms. The highest BCUT2D eigenvalue weighted by molar-refractivity contribution is 5.94. The fraction of sp³-hybridized carbons (Fsp3) is 0.211. The van der Waals surface area contributed by atoms with Crippen molar-refractivity contribution < 1.29 is 4.79 Å². The number of carbonyl (C=O) groups excluding carboxylic acids is 1. The Labute approximate surface area is 151 Å². The number of hydrogen-bond donors (Lipinski definition) is 1. The number of hydrogen-bond acceptors (Lipinski definition) is 6. The fourth-order valence-electron chi connectivity index (χ4n) is 3.14. The van der Waals surface area contributed by atoms with Gasteiger partial charge in [-0.3, -0.25) is 9.78 Å². The van der Waals surface area contributed by atoms with Crippen LogP contribution in [-0.4, -0.2) is 37.3 Å². The number of pyridine rings is 2. The third-order valence-corrected chi connectivity index (χ3v) is 4.35. The van der Waals surface area contributed by atoms with Gasteiger partial charge >= 0.3 is 0 Å². The monoisotopic (exact) mass is 346 g/mol. The van der Waals surface area contributed by atoms with Gasteiger partial charge in [0.05, 0.1) is 17.3 Å². The molecule has 4 rings (SSSR count). The average Bonchev–Trinajstić information content (AvgIpc) is 3.19. The van der Waals surface area contributed by atoms with Crippen molar-refractivity contribution in [1.82, 2.24) is 24.8 Å². The number of aromatic nitrogens is 4. The molecule has 0 spiro atoms. The maximum Gasteiger partial charge on any atom is 0.255 e. The smallest absolute Gasteiger partial charge is 0.255 e. The van der Waals surface area contributed by atoms with Crippen molar-refractivity contribution in [1.29, 1.82) is 0 Å². The van der Waals surface area contributed by atoms with E-state index in [2.05, 4.69) is 25.3 Å². The molecular formula is C19H18N6O. The van der Waals surface area contributed by atoms with E-state index in [1.165, 1.54) is 0 Å². The maximum atomic E-state index is 12.8. The van der Waals surface area contributed by atoms with Crippen molar-refractivity contribution >= 4 is 17.7 Å². The van der Waals surface area contributed by atoms with Crippen LogP contribution in [0, 0.1) is 0 Å². The molecule has 1 N–H and O–H groups in total. The third kappa shape index (κ3) is 3.37. The van der Waals surface area contributed by atoms with E-state index in [-0.39, 0.29) is 11.9 Å². The normalized spacial score (nSPS) is 16.5. The second-order valence-corrected chi connectivity index (χ2v) is 6.04. The predicted octanol–water partition coefficient (Wildman–Crippen LogP) is 2.99. The van der Waals surface area contributed by atoms with E-state index in [4.69, 9.17) is 0 Å². The zero-order chi connectivity index (χ0) is 17.8. The number of amides is 1. The van der Waals surface area contributed by atoms with E-state index in [1.807, 2.05) is 29.2 Å². The number of anilines is 2. The molecule has 0 radical (unpaired) electrons. The summed E-state index contributed by atoms with van der Waals surface area (Å²) in [5.74, 6) is 1.14. The summed E-state index contributed by atoms with van der Waals surface area (Å²) in [6.45, 7) is 0.714. The Morgan fingerprint density at radius 1 is 1.08 bits per heavy atom. The number of carbonyl (C=O) groups is 1. The maximum absolute atomic E-state index is 12.8. The fourth-order valence-corrected chi connectivity index (χ4v) is 3.14. The highest BCUT2D eigenvalue weighted by Gasteiger charge is 2.31. The van der Waals surface area contributed by atoms with Gasteiger partial charge in [-0.1, -0.05) is 6.07 Å². The summed E-state index contributed by atoms with van der Waals surface area (Å²) < 4.78 is 0. The molecule has 0 saturated carbocycles. The van der Waals surface area contributed by atoms with Gasteiger partial charge < -0.3 is 10.2 Å². The molecular weight excluding hydrogens is 328 g/mol. The number of rotatable bonds is 4. The molecule has 26 heavy (non-hydrogen) atoms. The molecule has 7 nitrogen and oxygen atoms in total. The van der Waals surface area contributed by atoms with Crippen LogP contribution in [0.3, 0.4) is 0 Å². The van der Waals surface area contributed by atoms with Gasteiger partial charge in [0.15, 0.2) is 0 Å². The summed E-state index contributed by atoms with van der Waals surface area (Å²) >= 11 is 0. The van der Waals surface area contributed by atoms with Gasteiger partial charge in [-0.25, -0.2) is 15.0 Å². The van der Waals surface area contributed by atoms with Crippen LogP contribution in [0.25, 0.3) is 0 Å². The van der Waals surface area contributed by atoms with Crippen molar-refractivity contribution in [3.63, 3.8) is 0 Å². The molecule has 1 amide bonds. The third-order valence-electron chi connectivity index (χ3n) is 4.35. The number of nitrogens with zero attached hydrogens (tertiary/aromatic N) is 5. The molecule has 3 aromatic heterocycles. The van der Waals surface area contributed by atoms with Gasteiger partial charge in [0, 0.05) is 31.3 Å². The molecule has 0 unspecified atom stereocenters. The van der Waals surface area contributed by atoms with E-state index in [0.717, 1.165) is 18.5 Å². The van der Waals surface area contributed by atoms with Crippen molar-refractivity contribution in [2.45, 2.75) is 18.9 Å². The van der Waals surface area contributed by atoms with Gasteiger partial charge in [0.2, 0.25) is 5.95 Å². The molecule has 3 aromatic rings. The first-order valence-electron chi connectivity index (χ1n) is 8.53. The number of likely N-dealkylation sites (tertiary alicyclic amines) is 1. The second kappa shape index (κ2) is 7.26. The summed E-state index contributed by atoms with van der Waals surface area (Å²) in [5.41, 5.74) is 1.42. The minimum Gasteiger partial charge on any atom is -0.330 e. The van der Waals surface area contributed by atoms with Crippen LogP contribution < -0.4 is 5.32 Å². The Hall–Kier alpha value is -3.35. The van der Waals surface area contributed by atoms with Gasteiger partial charge in [-0.15, -0.1) is 0 Å². The molecule has 1 aliphatic rings. The first-order chi connectivity index (χ1) is 12.8. The molecule has 0 aliphatic carbocycles. The highest BCUT2D eigenvalue weighted by atomic mass is 16.2. The topological polar surface area (TPSA) is 83.9 Å². The Morgan fingerprint density at radius 3 is 2.85 bits per heavy atom. The SMILES string of the molecule is O=C(c1cccnc1)N1CCC[C@H]1c1ccnc(Nc2ccccn2)n1. The minimum absolute atomic E-state index is 0.0153. The van der Waals surface area contributed by atoms with E-state index >= 15 is 0 Å². The van der Waals surface area contributed by atoms with E-state index in [1.54, 1.807) is 36.9 Å². The summed E-state index contributed by atoms with van der Waals surface area (Å²) in [6, 6.07) is 11.0. The molecule has 1 aliphatic heterocycles. The lowest BCUT2D eigenvalue weighted by atomic mass is 10.1. The summed E-state index contributed by atoms with van der Waals surface area (Å²) in [5, 5.41) is 3.10. The van der Waals surface area contributed by atoms with Crippen LogP contribution in [0.2, 0.25) is 0 Å². The van der Waals surface area contributed by atoms with Crippen molar-refractivity contribution in [3.8, 4) is 0 Å². The van der Waals surface area contributed by atoms with Gasteiger partial charge in [-0.05, 0) is 43.2 Å². The molecule has 130 valence electrons. The molecule has 7 heteroatoms. The van der Waals surface area contributed by atoms with Crippen LogP contribution in [0.15, 0.2) is 61.2 Å². The Kier molecular flexibility index (Phi) is 4.51. The van der Waals surface area contributed by atoms with Crippen molar-refractivity contribution in [2.75, 3.05) is 11.9 Å². The van der Waals surface area contributed by atoms with E-state index < -0.39 is 0 Å². The standard InChI is InChI=1S/C19H18N6O/c26-18(14-5-3-9-20-13-14)25-12-4-6-16(25)15-8-11-22-19(23-15)24-17-7-1-2-10-21-17/h1-3,5,7-11,13,16H,4,6,12H2,(H,21,22,23,24)/t16-/m0/s1. The summed E-state index contributed by atoms with van der Waals surface area (Å²) in [7, 11) is 0. The van der Waals surface area contributed by atoms with Crippen LogP contribution in [0.4, 0.5) is 11.8 Å². The molecule has 1 saturated heterocycles. The molecule has 0 aromatic carbocycles. The van der Waals surface area contributed by atoms with Crippen LogP contribution in [0.1, 0.15) is 34.9 Å². The van der Waals surface area contributed by atoms with Gasteiger partial charge in [0.1, 0.15) is 5.82 Å². The van der Waals surface area contributed by atoms with Gasteiger partial charge in [-0.2, -0.15) is 0 Å². The molecule has 4 heterocycles. The van der Waals surface area contributed by atoms with Crippen molar-refractivity contribution in [2.24, 2.45) is 0 Å². The Morgan fingerprint density at radius 2 is 2.04 bits per heavy atom. The average molecular weight is 346 g/mol. The predicted molar refractivity (Wildman–Crippen MR) is 96.8 cm³/mol. The van der Waals surface area contributed by atoms with E-state index in [0.29, 0.717) is 23.9 Å². The quantitative estimate of drug-likeness (QED) is 0.782. The van der Waals surface area contributed by atoms with Crippen LogP contribution in [0.5, 0.6) is 0 Å². The lowest BCUT2D eigenvalue weighted by Gasteiger charge is -2.24. The summed E-state index contributed by atoms with van der Waals surface area (Å²) in [4.78, 5) is 31.8. The van der Waals surface area contributed by atoms with Crippen LogP contribution >= 0.6 is 0 Å². The lowest BCUT2D eigenvalue weighted by molar-refractivity contribution is 0.0732. The first-order valence-corrected chi connectivity index (χ1v) is 8.53. The highest BCUT2D eigenvalue weighted by Crippen LogP contribution is 2.32. The summed E-state index contributed by atoms with van der Waals surface area (Å²) in [6.07, 6.45) is 8.51. The first kappa shape index (κ1) is 16.1. The van der Waals surface area contributed by atoms with E-state index in [9.17, 15) is 4.79 Å². The zero-order valence-electron chi connectivity index (χ0n) is 14.1. The molecule has 1 fully saturated rings. The largest absolute Gasteiger partial charge is 0.330 e. The zero-order valence-corrected chi connectivity index (χ0v) is 14.1. The Bertz CT molecular complexity index is 887. The Balaban J connectivity index is 1.56. The van der Waals surface area contributed by atoms with Gasteiger partial charge in [0.25, 0.3) is 5.91 Å². The number of nitrogens with one attached hydrogen (secondary N) is 1. The molecule has 1 atom stereocenters. The van der Waals surface area contributed by atoms with Crippen LogP contribution in [-0.2, 0) is 0 Å². The second-order valence-electron chi connectivity index (χ2n) is 6.04. The minimum atomic E-state index is -0.0602. The van der Waals surface area contributed by atoms with Crippen molar-refractivity contribution in [3.05, 3.63) is 72.4 Å².